The van der Waals surface area contributed by atoms with Gasteiger partial charge in [-0.1, -0.05) is 100 Å². The van der Waals surface area contributed by atoms with Crippen LogP contribution in [0.5, 0.6) is 23.1 Å². The average Bonchev–Trinajstić information content (AvgIpc) is 1.65. The molecule has 30 heteroatoms. The Morgan fingerprint density at radius 2 is 1.31 bits per heavy atom. The summed E-state index contributed by atoms with van der Waals surface area (Å²) < 4.78 is 42.5. The molecule has 9 rings (SSSR count). The predicted molar refractivity (Wildman–Crippen MR) is 411 cm³/mol. The zero-order chi connectivity index (χ0) is 81.5. The smallest absolute Gasteiger partial charge is 0.427 e. The zero-order valence-electron chi connectivity index (χ0n) is 63.5. The second kappa shape index (κ2) is 42.7. The standard InChI is InChI=1S/C26H27ClN4O6.C23H25NO6.C22H26N4O4.C10H10N2O2/c1-16(2)15-29-24(33)18-6-9-20(27)21(14-18)30-25(34)23(37-26(35)31-10-12-36-13-11-31)22(32)17-4-7-19(28-3)8-5-17;1-14-5-10-18(28-3)17(13-14)24-21(26)19(20(25)23(2)11-12-23)30-16-8-6-15(7-9-16)22(27)29-4;1-7-18(29-19-9-8-14(2)12-15(19)3)20(27)25-16-10-11-24-17(13-16)21(23-4)30-22(28)26(5)6;1-3-8(13)10(11-2)14-9-6-4-5-7-12-9/h4-9,14,16,23H,10-13,15H2,1-2H3,(H,29,33)(H,30,34);5-10,13,19H,11-12H2,1-4H3,(H,24,26);8-13,18,21H,7H2,1-3,5-6H3,(H,24,25,27);4-7,10H,3H2,1H3. The number of Topliss-reactive ketones (excluding diaryl/α,β-unsaturated/α-hetero) is 3. The Morgan fingerprint density at radius 1 is 0.667 bits per heavy atom. The number of pyridine rings is 2. The summed E-state index contributed by atoms with van der Waals surface area (Å²) in [7, 11) is 5.84. The number of hydrogen-bond donors (Lipinski definition) is 4. The van der Waals surface area contributed by atoms with E-state index in [-0.39, 0.29) is 69.9 Å². The van der Waals surface area contributed by atoms with Gasteiger partial charge in [0.1, 0.15) is 17.2 Å². The van der Waals surface area contributed by atoms with Crippen molar-refractivity contribution >= 4 is 93.5 Å². The second-order valence-electron chi connectivity index (χ2n) is 25.9. The number of aromatic nitrogens is 2. The van der Waals surface area contributed by atoms with E-state index in [9.17, 15) is 47.9 Å². The first-order valence-corrected chi connectivity index (χ1v) is 35.4. The molecule has 4 N–H and O–H groups in total. The minimum absolute atomic E-state index is 0.0763. The largest absolute Gasteiger partial charge is 0.495 e. The van der Waals surface area contributed by atoms with Gasteiger partial charge in [-0.2, -0.15) is 0 Å². The lowest BCUT2D eigenvalue weighted by Gasteiger charge is -2.27. The van der Waals surface area contributed by atoms with E-state index in [1.807, 2.05) is 72.7 Å². The highest BCUT2D eigenvalue weighted by Crippen LogP contribution is 2.47. The third kappa shape index (κ3) is 26.5. The van der Waals surface area contributed by atoms with Crippen LogP contribution in [-0.2, 0) is 42.9 Å². The Kier molecular flexibility index (Phi) is 33.5. The van der Waals surface area contributed by atoms with Crippen molar-refractivity contribution in [1.82, 2.24) is 25.1 Å². The molecule has 1 aliphatic carbocycles. The van der Waals surface area contributed by atoms with Gasteiger partial charge in [-0.15, -0.1) is 0 Å². The van der Waals surface area contributed by atoms with Crippen molar-refractivity contribution < 1.29 is 85.8 Å². The van der Waals surface area contributed by atoms with Crippen molar-refractivity contribution in [2.45, 2.75) is 112 Å². The Bertz CT molecular complexity index is 4570. The summed E-state index contributed by atoms with van der Waals surface area (Å²) in [5.41, 5.74) is 4.62. The highest BCUT2D eigenvalue weighted by Gasteiger charge is 2.51. The molecule has 582 valence electrons. The first-order chi connectivity index (χ1) is 53.0. The van der Waals surface area contributed by atoms with Crippen molar-refractivity contribution in [1.29, 1.82) is 0 Å². The number of carbonyl (C=O) groups is 10. The van der Waals surface area contributed by atoms with Crippen LogP contribution in [-0.4, -0.2) is 165 Å². The molecule has 7 aromatic rings. The van der Waals surface area contributed by atoms with E-state index in [0.29, 0.717) is 91.2 Å². The van der Waals surface area contributed by atoms with E-state index in [4.69, 9.17) is 64.5 Å². The van der Waals surface area contributed by atoms with E-state index in [1.54, 1.807) is 49.5 Å². The number of benzene rings is 5. The average molecular weight is 1540 g/mol. The third-order valence-electron chi connectivity index (χ3n) is 16.5. The van der Waals surface area contributed by atoms with Crippen LogP contribution < -0.4 is 40.2 Å². The number of ketones is 3. The normalized spacial score (nSPS) is 13.4. The number of rotatable bonds is 27. The molecule has 0 spiro atoms. The molecule has 111 heavy (non-hydrogen) atoms. The van der Waals surface area contributed by atoms with Gasteiger partial charge in [0.2, 0.25) is 23.9 Å². The molecule has 3 heterocycles. The summed E-state index contributed by atoms with van der Waals surface area (Å²) in [6, 6.07) is 35.4. The van der Waals surface area contributed by atoms with Crippen LogP contribution in [0, 0.1) is 51.8 Å². The van der Waals surface area contributed by atoms with Gasteiger partial charge >= 0.3 is 30.6 Å². The number of methoxy groups -OCH3 is 2. The number of nitrogens with one attached hydrogen (secondary N) is 4. The summed E-state index contributed by atoms with van der Waals surface area (Å²) in [6.45, 7) is 37.8. The van der Waals surface area contributed by atoms with Crippen LogP contribution in [0.15, 0.2) is 146 Å². The lowest BCUT2D eigenvalue weighted by Crippen LogP contribution is -2.46. The number of halogens is 1. The van der Waals surface area contributed by atoms with E-state index in [2.05, 4.69) is 50.5 Å². The molecule has 2 fully saturated rings. The van der Waals surface area contributed by atoms with Crippen LogP contribution in [0.3, 0.4) is 0 Å². The van der Waals surface area contributed by atoms with E-state index >= 15 is 0 Å². The maximum absolute atomic E-state index is 13.3. The number of esters is 1. The fraction of sp³-hybridized carbons (Fsp3) is 0.346. The summed E-state index contributed by atoms with van der Waals surface area (Å²) in [4.78, 5) is 145. The van der Waals surface area contributed by atoms with E-state index in [1.165, 1.54) is 117 Å². The zero-order valence-corrected chi connectivity index (χ0v) is 64.3. The molecule has 6 amide bonds. The van der Waals surface area contributed by atoms with Crippen LogP contribution in [0.2, 0.25) is 5.02 Å². The number of morpholine rings is 1. The molecule has 5 aromatic carbocycles. The molecule has 2 aromatic heterocycles. The van der Waals surface area contributed by atoms with Gasteiger partial charge in [-0.3, -0.25) is 43.3 Å². The summed E-state index contributed by atoms with van der Waals surface area (Å²) in [6.07, 6.45) is -2.43. The Labute approximate surface area is 649 Å². The Morgan fingerprint density at radius 3 is 1.88 bits per heavy atom. The fourth-order valence-electron chi connectivity index (χ4n) is 9.89. The monoisotopic (exact) mass is 1540 g/mol. The summed E-state index contributed by atoms with van der Waals surface area (Å²) in [5.74, 6) is -1.97. The number of hydrogen-bond acceptors (Lipinski definition) is 20. The van der Waals surface area contributed by atoms with Gasteiger partial charge in [0.25, 0.3) is 29.4 Å². The van der Waals surface area contributed by atoms with Crippen molar-refractivity contribution in [2.24, 2.45) is 11.3 Å². The Hall–Kier alpha value is -12.8. The van der Waals surface area contributed by atoms with E-state index < -0.39 is 71.9 Å². The van der Waals surface area contributed by atoms with Gasteiger partial charge in [0.05, 0.1) is 56.0 Å². The van der Waals surface area contributed by atoms with Crippen molar-refractivity contribution in [3.05, 3.63) is 224 Å². The molecular formula is C81H88ClN11O18. The molecule has 5 unspecified atom stereocenters. The lowest BCUT2D eigenvalue weighted by atomic mass is 9.98. The maximum atomic E-state index is 13.3. The predicted octanol–water partition coefficient (Wildman–Crippen LogP) is 13.3. The number of nitrogens with zero attached hydrogens (tertiary/aromatic N) is 7. The van der Waals surface area contributed by atoms with Crippen LogP contribution in [0.1, 0.15) is 120 Å². The first-order valence-electron chi connectivity index (χ1n) is 35.0. The molecule has 1 aliphatic heterocycles. The van der Waals surface area contributed by atoms with Crippen molar-refractivity contribution in [3.8, 4) is 23.1 Å². The second-order valence-corrected chi connectivity index (χ2v) is 26.3. The Balaban J connectivity index is 0.000000240. The molecule has 1 saturated heterocycles. The van der Waals surface area contributed by atoms with Crippen LogP contribution in [0.4, 0.5) is 32.3 Å². The number of amides is 6. The van der Waals surface area contributed by atoms with Gasteiger partial charge in [0.15, 0.2) is 23.3 Å². The van der Waals surface area contributed by atoms with Crippen molar-refractivity contribution in [2.75, 3.05) is 77.1 Å². The number of carbonyl (C=O) groups excluding carboxylic acids is 10. The van der Waals surface area contributed by atoms with Gasteiger partial charge in [0, 0.05) is 80.8 Å². The minimum Gasteiger partial charge on any atom is -0.495 e. The minimum atomic E-state index is -1.84. The highest BCUT2D eigenvalue weighted by atomic mass is 35.5. The van der Waals surface area contributed by atoms with Crippen molar-refractivity contribution in [3.63, 3.8) is 0 Å². The lowest BCUT2D eigenvalue weighted by molar-refractivity contribution is -0.138. The summed E-state index contributed by atoms with van der Waals surface area (Å²) in [5, 5.41) is 11.0. The quantitative estimate of drug-likeness (QED) is 0.0122. The van der Waals surface area contributed by atoms with Gasteiger partial charge in [-0.25, -0.2) is 42.3 Å². The molecule has 29 nitrogen and oxygen atoms in total. The van der Waals surface area contributed by atoms with Crippen LogP contribution >= 0.6 is 11.6 Å². The molecule has 5 atom stereocenters. The van der Waals surface area contributed by atoms with E-state index in [0.717, 1.165) is 16.7 Å². The number of anilines is 3. The summed E-state index contributed by atoms with van der Waals surface area (Å²) >= 11 is 6.25. The molecule has 0 bridgehead atoms. The first kappa shape index (κ1) is 87.1. The SMILES string of the molecule is COC(=O)c1ccc(OC(C(=O)Nc2cc(C)ccc2OC)C(=O)C2(C)CC2)cc1.[C-]#[N+]C(OC(=O)N(C)C)c1cc(NC(=O)C(CC)Oc2ccc(C)cc2C)ccn1.[C-]#[N+]C(Oc1ccccn1)C(=O)CC.[C-]#[N+]c1ccc(C(=O)C(OC(=O)N2CCOCC2)C(=O)Nc2cc(C(=O)NCC(C)C)ccc2Cl)cc1. The number of aryl methyl sites for hydroxylation is 3. The number of ether oxygens (including phenoxy) is 8. The van der Waals surface area contributed by atoms with Gasteiger partial charge < -0.3 is 69.0 Å². The molecule has 1 saturated carbocycles. The topological polar surface area (TPSA) is 338 Å². The third-order valence-corrected chi connectivity index (χ3v) is 16.8. The molecule has 2 aliphatic rings. The van der Waals surface area contributed by atoms with Gasteiger partial charge in [-0.05, 0) is 136 Å². The fourth-order valence-corrected chi connectivity index (χ4v) is 10.1. The highest BCUT2D eigenvalue weighted by molar-refractivity contribution is 6.34. The van der Waals surface area contributed by atoms with Crippen LogP contribution in [0.25, 0.3) is 14.5 Å². The maximum Gasteiger partial charge on any atom is 0.427 e. The molecule has 0 radical (unpaired) electrons. The molecular weight excluding hydrogens is 1450 g/mol.